The number of terminal acetylenes is 1. The third-order valence-electron chi connectivity index (χ3n) is 0.723. The van der Waals surface area contributed by atoms with E-state index in [4.69, 9.17) is 12.2 Å². The minimum atomic E-state index is -0.780. The van der Waals surface area contributed by atoms with Crippen molar-refractivity contribution >= 4 is 6.09 Å². The summed E-state index contributed by atoms with van der Waals surface area (Å²) in [5.41, 5.74) is 4.69. The molecule has 0 radical (unpaired) electrons. The van der Waals surface area contributed by atoms with E-state index in [0.717, 1.165) is 0 Å². The van der Waals surface area contributed by atoms with E-state index in [1.54, 1.807) is 6.92 Å². The van der Waals surface area contributed by atoms with Gasteiger partial charge in [-0.2, -0.15) is 0 Å². The van der Waals surface area contributed by atoms with Crippen LogP contribution in [0.15, 0.2) is 0 Å². The van der Waals surface area contributed by atoms with E-state index in [1.165, 1.54) is 0 Å². The van der Waals surface area contributed by atoms with E-state index in [1.807, 2.05) is 0 Å². The molecular weight excluding hydrogens is 118 g/mol. The van der Waals surface area contributed by atoms with Crippen molar-refractivity contribution < 1.29 is 9.53 Å². The van der Waals surface area contributed by atoms with E-state index in [0.29, 0.717) is 6.42 Å². The predicted molar refractivity (Wildman–Crippen MR) is 33.6 cm³/mol. The van der Waals surface area contributed by atoms with Gasteiger partial charge in [-0.25, -0.2) is 4.79 Å². The molecule has 0 aliphatic heterocycles. The quantitative estimate of drug-likeness (QED) is 0.549. The molecule has 0 aliphatic rings. The van der Waals surface area contributed by atoms with Gasteiger partial charge in [0.2, 0.25) is 0 Å². The smallest absolute Gasteiger partial charge is 0.404 e. The van der Waals surface area contributed by atoms with Crippen LogP contribution in [-0.4, -0.2) is 12.2 Å². The summed E-state index contributed by atoms with van der Waals surface area (Å²) < 4.78 is 4.49. The molecule has 3 nitrogen and oxygen atoms in total. The SMILES string of the molecule is C#CCC(C)OC(N)=O. The molecule has 0 bridgehead atoms. The maximum absolute atomic E-state index is 10.0. The molecule has 0 rings (SSSR count). The topological polar surface area (TPSA) is 52.3 Å². The predicted octanol–water partition coefficient (Wildman–Crippen LogP) is 0.494. The Morgan fingerprint density at radius 2 is 2.56 bits per heavy atom. The number of ether oxygens (including phenoxy) is 1. The summed E-state index contributed by atoms with van der Waals surface area (Å²) in [4.78, 5) is 10.0. The summed E-state index contributed by atoms with van der Waals surface area (Å²) in [6.45, 7) is 1.69. The maximum Gasteiger partial charge on any atom is 0.404 e. The third-order valence-corrected chi connectivity index (χ3v) is 0.723. The Morgan fingerprint density at radius 3 is 2.89 bits per heavy atom. The number of carbonyl (C=O) groups excluding carboxylic acids is 1. The van der Waals surface area contributed by atoms with Gasteiger partial charge in [0.15, 0.2) is 0 Å². The third kappa shape index (κ3) is 4.69. The highest BCUT2D eigenvalue weighted by Crippen LogP contribution is 1.93. The lowest BCUT2D eigenvalue weighted by Gasteiger charge is -2.05. The van der Waals surface area contributed by atoms with Crippen LogP contribution in [0.25, 0.3) is 0 Å². The van der Waals surface area contributed by atoms with Gasteiger partial charge in [0, 0.05) is 6.42 Å². The van der Waals surface area contributed by atoms with Gasteiger partial charge in [-0.05, 0) is 6.92 Å². The minimum Gasteiger partial charge on any atom is -0.446 e. The summed E-state index contributed by atoms with van der Waals surface area (Å²) >= 11 is 0. The van der Waals surface area contributed by atoms with Crippen LogP contribution in [0.5, 0.6) is 0 Å². The first kappa shape index (κ1) is 7.83. The first-order valence-electron chi connectivity index (χ1n) is 2.56. The number of primary amides is 1. The molecule has 0 saturated carbocycles. The summed E-state index contributed by atoms with van der Waals surface area (Å²) in [5, 5.41) is 0. The minimum absolute atomic E-state index is 0.271. The number of rotatable bonds is 2. The van der Waals surface area contributed by atoms with Crippen molar-refractivity contribution in [3.05, 3.63) is 0 Å². The largest absolute Gasteiger partial charge is 0.446 e. The van der Waals surface area contributed by atoms with Gasteiger partial charge in [0.25, 0.3) is 0 Å². The van der Waals surface area contributed by atoms with Crippen molar-refractivity contribution in [1.29, 1.82) is 0 Å². The van der Waals surface area contributed by atoms with Crippen molar-refractivity contribution in [2.24, 2.45) is 5.73 Å². The molecule has 3 heteroatoms. The number of carbonyl (C=O) groups is 1. The van der Waals surface area contributed by atoms with Crippen molar-refractivity contribution in [3.63, 3.8) is 0 Å². The first-order chi connectivity index (χ1) is 4.16. The Bertz CT molecular complexity index is 136. The lowest BCUT2D eigenvalue weighted by atomic mass is 10.3. The van der Waals surface area contributed by atoms with Gasteiger partial charge in [-0.15, -0.1) is 12.3 Å². The highest BCUT2D eigenvalue weighted by molar-refractivity contribution is 5.64. The number of nitrogens with two attached hydrogens (primary N) is 1. The van der Waals surface area contributed by atoms with Gasteiger partial charge in [-0.3, -0.25) is 0 Å². The molecule has 50 valence electrons. The molecule has 9 heavy (non-hydrogen) atoms. The average Bonchev–Trinajstić information content (AvgIpc) is 1.63. The van der Waals surface area contributed by atoms with Gasteiger partial charge in [0.1, 0.15) is 6.10 Å². The van der Waals surface area contributed by atoms with Crippen LogP contribution in [0.4, 0.5) is 4.79 Å². The van der Waals surface area contributed by atoms with E-state index in [2.05, 4.69) is 10.7 Å². The molecule has 0 aliphatic carbocycles. The zero-order valence-corrected chi connectivity index (χ0v) is 5.26. The fourth-order valence-corrected chi connectivity index (χ4v) is 0.406. The van der Waals surface area contributed by atoms with E-state index in [9.17, 15) is 4.79 Å². The van der Waals surface area contributed by atoms with Crippen molar-refractivity contribution in [2.45, 2.75) is 19.4 Å². The molecule has 0 saturated heterocycles. The second kappa shape index (κ2) is 3.79. The Morgan fingerprint density at radius 1 is 2.00 bits per heavy atom. The summed E-state index contributed by atoms with van der Waals surface area (Å²) in [6, 6.07) is 0. The normalized spacial score (nSPS) is 11.6. The Hall–Kier alpha value is -1.17. The maximum atomic E-state index is 10.0. The molecule has 0 aromatic rings. The Kier molecular flexibility index (Phi) is 3.29. The fraction of sp³-hybridized carbons (Fsp3) is 0.500. The highest BCUT2D eigenvalue weighted by atomic mass is 16.6. The molecule has 1 amide bonds. The molecule has 0 heterocycles. The van der Waals surface area contributed by atoms with Crippen LogP contribution >= 0.6 is 0 Å². The lowest BCUT2D eigenvalue weighted by Crippen LogP contribution is -2.19. The van der Waals surface area contributed by atoms with Crippen molar-refractivity contribution in [3.8, 4) is 12.3 Å². The van der Waals surface area contributed by atoms with Crippen LogP contribution in [-0.2, 0) is 4.74 Å². The Balaban J connectivity index is 3.40. The van der Waals surface area contributed by atoms with E-state index in [-0.39, 0.29) is 6.10 Å². The van der Waals surface area contributed by atoms with Crippen LogP contribution in [0.2, 0.25) is 0 Å². The fourth-order valence-electron chi connectivity index (χ4n) is 0.406. The number of amides is 1. The molecule has 0 aromatic heterocycles. The van der Waals surface area contributed by atoms with Crippen molar-refractivity contribution in [1.82, 2.24) is 0 Å². The molecule has 1 atom stereocenters. The van der Waals surface area contributed by atoms with Crippen LogP contribution in [0.1, 0.15) is 13.3 Å². The van der Waals surface area contributed by atoms with Crippen LogP contribution in [0, 0.1) is 12.3 Å². The highest BCUT2D eigenvalue weighted by Gasteiger charge is 2.01. The van der Waals surface area contributed by atoms with Gasteiger partial charge >= 0.3 is 6.09 Å². The second-order valence-electron chi connectivity index (χ2n) is 1.66. The average molecular weight is 127 g/mol. The van der Waals surface area contributed by atoms with Gasteiger partial charge in [0.05, 0.1) is 0 Å². The zero-order valence-electron chi connectivity index (χ0n) is 5.26. The molecule has 2 N–H and O–H groups in total. The summed E-state index contributed by atoms with van der Waals surface area (Å²) in [7, 11) is 0. The molecular formula is C6H9NO2. The molecule has 1 unspecified atom stereocenters. The summed E-state index contributed by atoms with van der Waals surface area (Å²) in [6.07, 6.45) is 4.28. The second-order valence-corrected chi connectivity index (χ2v) is 1.66. The summed E-state index contributed by atoms with van der Waals surface area (Å²) in [5.74, 6) is 2.34. The Labute approximate surface area is 54.2 Å². The number of hydrogen-bond donors (Lipinski definition) is 1. The molecule has 0 fully saturated rings. The van der Waals surface area contributed by atoms with Crippen molar-refractivity contribution in [2.75, 3.05) is 0 Å². The monoisotopic (exact) mass is 127 g/mol. The molecule has 0 spiro atoms. The van der Waals surface area contributed by atoms with Crippen LogP contribution < -0.4 is 5.73 Å². The molecule has 0 aromatic carbocycles. The van der Waals surface area contributed by atoms with E-state index >= 15 is 0 Å². The van der Waals surface area contributed by atoms with Crippen LogP contribution in [0.3, 0.4) is 0 Å². The number of hydrogen-bond acceptors (Lipinski definition) is 2. The van der Waals surface area contributed by atoms with Gasteiger partial charge in [-0.1, -0.05) is 0 Å². The lowest BCUT2D eigenvalue weighted by molar-refractivity contribution is 0.119. The standard InChI is InChI=1S/C6H9NO2/c1-3-4-5(2)9-6(7)8/h1,5H,4H2,2H3,(H2,7,8). The van der Waals surface area contributed by atoms with Gasteiger partial charge < -0.3 is 10.5 Å². The first-order valence-corrected chi connectivity index (χ1v) is 2.56. The van der Waals surface area contributed by atoms with E-state index < -0.39 is 6.09 Å². The zero-order chi connectivity index (χ0) is 7.28.